The van der Waals surface area contributed by atoms with Crippen molar-refractivity contribution in [2.75, 3.05) is 0 Å². The van der Waals surface area contributed by atoms with Crippen LogP contribution in [0.5, 0.6) is 0 Å². The summed E-state index contributed by atoms with van der Waals surface area (Å²) in [5.41, 5.74) is 0.120. The summed E-state index contributed by atoms with van der Waals surface area (Å²) in [5, 5.41) is 13.2. The molecule has 0 aliphatic carbocycles. The summed E-state index contributed by atoms with van der Waals surface area (Å²) < 4.78 is 7.89. The first-order valence-corrected chi connectivity index (χ1v) is 4.12. The molecule has 68 valence electrons. The van der Waals surface area contributed by atoms with E-state index in [9.17, 15) is 4.79 Å². The van der Waals surface area contributed by atoms with Gasteiger partial charge in [0.2, 0.25) is 0 Å². The molecule has 0 fully saturated rings. The Hall–Kier alpha value is -1.69. The lowest BCUT2D eigenvalue weighted by atomic mass is 10.5. The highest BCUT2D eigenvalue weighted by atomic mass is 32.1. The second kappa shape index (κ2) is 5.04. The van der Waals surface area contributed by atoms with Crippen LogP contribution in [0.1, 0.15) is 10.5 Å². The van der Waals surface area contributed by atoms with E-state index in [1.807, 2.05) is 0 Å². The van der Waals surface area contributed by atoms with Crippen molar-refractivity contribution in [3.05, 3.63) is 35.7 Å². The molecule has 0 amide bonds. The Labute approximate surface area is 77.8 Å². The minimum absolute atomic E-state index is 0.120. The molecular formula is C7H6N2O3S. The normalized spacial score (nSPS) is 8.62. The zero-order chi connectivity index (χ0) is 9.52. The first-order chi connectivity index (χ1) is 6.30. The number of carboxylic acids is 1. The molecule has 1 N–H and O–H groups in total. The van der Waals surface area contributed by atoms with E-state index in [-0.39, 0.29) is 5.69 Å². The molecule has 2 heterocycles. The summed E-state index contributed by atoms with van der Waals surface area (Å²) >= 11 is 1.14. The van der Waals surface area contributed by atoms with Gasteiger partial charge in [-0.15, -0.1) is 0 Å². The number of carbonyl (C=O) groups is 1. The van der Waals surface area contributed by atoms with Crippen molar-refractivity contribution in [2.24, 2.45) is 0 Å². The lowest BCUT2D eigenvalue weighted by Crippen LogP contribution is -1.93. The molecule has 13 heavy (non-hydrogen) atoms. The SMILES string of the molecule is O=C(O)c1ccsn1.c1cnoc1. The Morgan fingerprint density at radius 2 is 2.46 bits per heavy atom. The van der Waals surface area contributed by atoms with Crippen LogP contribution in [0.4, 0.5) is 0 Å². The van der Waals surface area contributed by atoms with E-state index in [0.29, 0.717) is 0 Å². The van der Waals surface area contributed by atoms with Crippen molar-refractivity contribution >= 4 is 17.5 Å². The van der Waals surface area contributed by atoms with Crippen LogP contribution in [-0.2, 0) is 0 Å². The third kappa shape index (κ3) is 3.48. The molecule has 0 atom stereocenters. The van der Waals surface area contributed by atoms with Gasteiger partial charge in [-0.2, -0.15) is 4.37 Å². The molecule has 2 aromatic rings. The quantitative estimate of drug-likeness (QED) is 0.751. The number of hydrogen-bond donors (Lipinski definition) is 1. The van der Waals surface area contributed by atoms with Gasteiger partial charge in [-0.1, -0.05) is 5.16 Å². The molecule has 0 radical (unpaired) electrons. The van der Waals surface area contributed by atoms with Crippen molar-refractivity contribution in [2.45, 2.75) is 0 Å². The number of nitrogens with zero attached hydrogens (tertiary/aromatic N) is 2. The molecule has 0 aliphatic heterocycles. The fourth-order valence-corrected chi connectivity index (χ4v) is 1.00. The van der Waals surface area contributed by atoms with E-state index >= 15 is 0 Å². The van der Waals surface area contributed by atoms with Crippen molar-refractivity contribution < 1.29 is 14.4 Å². The first-order valence-electron chi connectivity index (χ1n) is 3.28. The maximum Gasteiger partial charge on any atom is 0.355 e. The van der Waals surface area contributed by atoms with E-state index < -0.39 is 5.97 Å². The van der Waals surface area contributed by atoms with Gasteiger partial charge in [-0.25, -0.2) is 4.79 Å². The highest BCUT2D eigenvalue weighted by molar-refractivity contribution is 7.03. The fraction of sp³-hybridized carbons (Fsp3) is 0. The molecule has 0 aromatic carbocycles. The van der Waals surface area contributed by atoms with E-state index in [1.54, 1.807) is 17.6 Å². The molecule has 2 aromatic heterocycles. The van der Waals surface area contributed by atoms with Crippen LogP contribution in [0, 0.1) is 0 Å². The van der Waals surface area contributed by atoms with Crippen LogP contribution < -0.4 is 0 Å². The van der Waals surface area contributed by atoms with Crippen molar-refractivity contribution in [3.8, 4) is 0 Å². The van der Waals surface area contributed by atoms with Gasteiger partial charge in [-0.3, -0.25) is 0 Å². The molecule has 0 bridgehead atoms. The lowest BCUT2D eigenvalue weighted by Gasteiger charge is -1.77. The Bertz CT molecular complexity index is 313. The van der Waals surface area contributed by atoms with Crippen LogP contribution in [0.15, 0.2) is 34.5 Å². The van der Waals surface area contributed by atoms with Gasteiger partial charge in [0.15, 0.2) is 5.69 Å². The van der Waals surface area contributed by atoms with Crippen LogP contribution in [0.3, 0.4) is 0 Å². The molecule has 6 heteroatoms. The third-order valence-corrected chi connectivity index (χ3v) is 1.56. The number of carboxylic acid groups (broad SMARTS) is 1. The average molecular weight is 198 g/mol. The Morgan fingerprint density at radius 1 is 1.62 bits per heavy atom. The predicted molar refractivity (Wildman–Crippen MR) is 45.6 cm³/mol. The fourth-order valence-electron chi connectivity index (χ4n) is 0.499. The monoisotopic (exact) mass is 198 g/mol. The molecular weight excluding hydrogens is 192 g/mol. The number of hydrogen-bond acceptors (Lipinski definition) is 5. The van der Waals surface area contributed by atoms with Crippen molar-refractivity contribution in [1.29, 1.82) is 0 Å². The summed E-state index contributed by atoms with van der Waals surface area (Å²) in [6.07, 6.45) is 3.10. The van der Waals surface area contributed by atoms with E-state index in [0.717, 1.165) is 11.5 Å². The summed E-state index contributed by atoms with van der Waals surface area (Å²) in [7, 11) is 0. The average Bonchev–Trinajstić information content (AvgIpc) is 2.82. The van der Waals surface area contributed by atoms with Crippen molar-refractivity contribution in [1.82, 2.24) is 9.53 Å². The largest absolute Gasteiger partial charge is 0.476 e. The number of rotatable bonds is 1. The highest BCUT2D eigenvalue weighted by Crippen LogP contribution is 1.97. The molecule has 0 aliphatic rings. The second-order valence-electron chi connectivity index (χ2n) is 1.88. The van der Waals surface area contributed by atoms with Gasteiger partial charge in [0.05, 0.1) is 6.20 Å². The van der Waals surface area contributed by atoms with Gasteiger partial charge >= 0.3 is 5.97 Å². The summed E-state index contributed by atoms with van der Waals surface area (Å²) in [6.45, 7) is 0. The van der Waals surface area contributed by atoms with Crippen LogP contribution >= 0.6 is 11.5 Å². The van der Waals surface area contributed by atoms with Gasteiger partial charge < -0.3 is 9.63 Å². The third-order valence-electron chi connectivity index (χ3n) is 1.00. The first kappa shape index (κ1) is 9.40. The molecule has 5 nitrogen and oxygen atoms in total. The van der Waals surface area contributed by atoms with Crippen LogP contribution in [0.25, 0.3) is 0 Å². The molecule has 0 spiro atoms. The topological polar surface area (TPSA) is 76.2 Å². The second-order valence-corrected chi connectivity index (χ2v) is 2.54. The summed E-state index contributed by atoms with van der Waals surface area (Å²) in [4.78, 5) is 10.0. The molecule has 0 saturated carbocycles. The Morgan fingerprint density at radius 3 is 2.69 bits per heavy atom. The predicted octanol–water partition coefficient (Wildman–Crippen LogP) is 1.52. The van der Waals surface area contributed by atoms with Crippen LogP contribution in [-0.4, -0.2) is 20.6 Å². The maximum absolute atomic E-state index is 10.0. The summed E-state index contributed by atoms with van der Waals surface area (Å²) in [6, 6.07) is 3.19. The minimum Gasteiger partial charge on any atom is -0.476 e. The maximum atomic E-state index is 10.0. The molecule has 2 rings (SSSR count). The lowest BCUT2D eigenvalue weighted by molar-refractivity contribution is 0.0692. The standard InChI is InChI=1S/C4H3NO2S.C3H3NO/c6-4(7)3-1-2-8-5-3;1-2-4-5-3-1/h1-2H,(H,6,7);1-3H. The molecule has 0 saturated heterocycles. The van der Waals surface area contributed by atoms with E-state index in [1.165, 1.54) is 12.3 Å². The molecule has 0 unspecified atom stereocenters. The van der Waals surface area contributed by atoms with Gasteiger partial charge in [0.1, 0.15) is 6.26 Å². The summed E-state index contributed by atoms with van der Waals surface area (Å²) in [5.74, 6) is -0.966. The van der Waals surface area contributed by atoms with Gasteiger partial charge in [0, 0.05) is 5.38 Å². The Kier molecular flexibility index (Phi) is 3.65. The minimum atomic E-state index is -0.966. The van der Waals surface area contributed by atoms with E-state index in [2.05, 4.69) is 14.1 Å². The Balaban J connectivity index is 0.000000145. The van der Waals surface area contributed by atoms with Crippen molar-refractivity contribution in [3.63, 3.8) is 0 Å². The number of aromatic nitrogens is 2. The van der Waals surface area contributed by atoms with E-state index in [4.69, 9.17) is 5.11 Å². The zero-order valence-electron chi connectivity index (χ0n) is 6.45. The van der Waals surface area contributed by atoms with Gasteiger partial charge in [0.25, 0.3) is 0 Å². The van der Waals surface area contributed by atoms with Crippen LogP contribution in [0.2, 0.25) is 0 Å². The smallest absolute Gasteiger partial charge is 0.355 e. The van der Waals surface area contributed by atoms with Gasteiger partial charge in [-0.05, 0) is 23.7 Å². The highest BCUT2D eigenvalue weighted by Gasteiger charge is 2.01. The number of aromatic carboxylic acids is 1. The zero-order valence-corrected chi connectivity index (χ0v) is 7.27.